The van der Waals surface area contributed by atoms with Gasteiger partial charge in [0.1, 0.15) is 5.41 Å². The molecule has 4 nitrogen and oxygen atoms in total. The topological polar surface area (TPSA) is 49.8 Å². The molecular weight excluding hydrogens is 294 g/mol. The van der Waals surface area contributed by atoms with Crippen molar-refractivity contribution in [3.8, 4) is 0 Å². The Labute approximate surface area is 106 Å². The van der Waals surface area contributed by atoms with Gasteiger partial charge in [0.25, 0.3) is 0 Å². The Bertz CT molecular complexity index is 397. The zero-order valence-corrected chi connectivity index (χ0v) is 11.2. The van der Waals surface area contributed by atoms with E-state index < -0.39 is 5.41 Å². The molecule has 0 unspecified atom stereocenters. The molecule has 1 aromatic rings. The van der Waals surface area contributed by atoms with Crippen LogP contribution in [0.3, 0.4) is 0 Å². The molecular formula is C10H12BrNO3S. The van der Waals surface area contributed by atoms with Crippen LogP contribution in [-0.2, 0) is 9.53 Å². The van der Waals surface area contributed by atoms with Crippen molar-refractivity contribution in [2.45, 2.75) is 0 Å². The lowest BCUT2D eigenvalue weighted by Gasteiger charge is -2.40. The number of hydrogen-bond donors (Lipinski definition) is 1. The minimum Gasteiger partial charge on any atom is -0.395 e. The van der Waals surface area contributed by atoms with E-state index in [1.54, 1.807) is 11.9 Å². The number of rotatable bonds is 3. The zero-order valence-electron chi connectivity index (χ0n) is 8.77. The minimum atomic E-state index is -0.731. The van der Waals surface area contributed by atoms with Crippen molar-refractivity contribution in [3.05, 3.63) is 15.9 Å². The molecule has 0 spiro atoms. The monoisotopic (exact) mass is 305 g/mol. The Balaban J connectivity index is 2.15. The highest BCUT2D eigenvalue weighted by atomic mass is 79.9. The Morgan fingerprint density at radius 2 is 2.38 bits per heavy atom. The maximum absolute atomic E-state index is 12.2. The van der Waals surface area contributed by atoms with Gasteiger partial charge in [-0.3, -0.25) is 4.79 Å². The molecule has 1 N–H and O–H groups in total. The Hall–Kier alpha value is -0.430. The fraction of sp³-hybridized carbons (Fsp3) is 0.500. The highest BCUT2D eigenvalue weighted by molar-refractivity contribution is 9.11. The molecule has 1 aliphatic heterocycles. The van der Waals surface area contributed by atoms with Crippen molar-refractivity contribution in [2.24, 2.45) is 5.41 Å². The van der Waals surface area contributed by atoms with Crippen LogP contribution in [-0.4, -0.2) is 37.9 Å². The van der Waals surface area contributed by atoms with E-state index in [0.29, 0.717) is 13.2 Å². The summed E-state index contributed by atoms with van der Waals surface area (Å²) in [6.45, 7) is 0.446. The number of nitrogens with zero attached hydrogens (tertiary/aromatic N) is 1. The maximum Gasteiger partial charge on any atom is 0.240 e. The van der Waals surface area contributed by atoms with Gasteiger partial charge < -0.3 is 14.7 Å². The fourth-order valence-electron chi connectivity index (χ4n) is 1.57. The average molecular weight is 306 g/mol. The highest BCUT2D eigenvalue weighted by Gasteiger charge is 2.47. The van der Waals surface area contributed by atoms with Crippen LogP contribution < -0.4 is 4.90 Å². The number of aliphatic hydroxyl groups is 1. The number of thiophene rings is 1. The third-order valence-corrected chi connectivity index (χ3v) is 4.41. The SMILES string of the molecule is CN(C(=O)C1(CO)COC1)c1ccc(Br)s1. The number of anilines is 1. The first kappa shape index (κ1) is 12.0. The molecule has 1 aromatic heterocycles. The Kier molecular flexibility index (Phi) is 3.34. The molecule has 6 heteroatoms. The lowest BCUT2D eigenvalue weighted by atomic mass is 9.85. The van der Waals surface area contributed by atoms with Gasteiger partial charge >= 0.3 is 0 Å². The molecule has 0 aromatic carbocycles. The molecule has 1 saturated heterocycles. The van der Waals surface area contributed by atoms with Gasteiger partial charge in [-0.25, -0.2) is 0 Å². The first-order valence-electron chi connectivity index (χ1n) is 4.81. The second-order valence-electron chi connectivity index (χ2n) is 3.87. The van der Waals surface area contributed by atoms with Gasteiger partial charge in [0.2, 0.25) is 5.91 Å². The molecule has 2 heterocycles. The summed E-state index contributed by atoms with van der Waals surface area (Å²) in [7, 11) is 1.72. The number of aliphatic hydroxyl groups excluding tert-OH is 1. The zero-order chi connectivity index (χ0) is 11.8. The van der Waals surface area contributed by atoms with Gasteiger partial charge in [-0.15, -0.1) is 11.3 Å². The van der Waals surface area contributed by atoms with Crippen molar-refractivity contribution in [2.75, 3.05) is 31.8 Å². The standard InChI is InChI=1S/C10H12BrNO3S/c1-12(8-3-2-7(11)16-8)9(14)10(4-13)5-15-6-10/h2-3,13H,4-6H2,1H3. The van der Waals surface area contributed by atoms with Crippen LogP contribution in [0.5, 0.6) is 0 Å². The van der Waals surface area contributed by atoms with Crippen LogP contribution in [0.1, 0.15) is 0 Å². The predicted octanol–water partition coefficient (Wildman–Crippen LogP) is 1.48. The maximum atomic E-state index is 12.2. The van der Waals surface area contributed by atoms with Crippen LogP contribution in [0.15, 0.2) is 15.9 Å². The van der Waals surface area contributed by atoms with E-state index >= 15 is 0 Å². The molecule has 88 valence electrons. The summed E-state index contributed by atoms with van der Waals surface area (Å²) >= 11 is 4.84. The molecule has 1 amide bonds. The molecule has 0 saturated carbocycles. The number of halogens is 1. The molecule has 16 heavy (non-hydrogen) atoms. The smallest absolute Gasteiger partial charge is 0.240 e. The molecule has 0 aliphatic carbocycles. The van der Waals surface area contributed by atoms with Crippen molar-refractivity contribution in [1.29, 1.82) is 0 Å². The van der Waals surface area contributed by atoms with Crippen LogP contribution in [0.4, 0.5) is 5.00 Å². The van der Waals surface area contributed by atoms with Crippen molar-refractivity contribution < 1.29 is 14.6 Å². The van der Waals surface area contributed by atoms with Crippen LogP contribution in [0.2, 0.25) is 0 Å². The van der Waals surface area contributed by atoms with Crippen molar-refractivity contribution >= 4 is 38.2 Å². The van der Waals surface area contributed by atoms with Gasteiger partial charge in [0.15, 0.2) is 0 Å². The van der Waals surface area contributed by atoms with Crippen LogP contribution in [0, 0.1) is 5.41 Å². The first-order valence-corrected chi connectivity index (χ1v) is 6.42. The van der Waals surface area contributed by atoms with Gasteiger partial charge in [-0.2, -0.15) is 0 Å². The molecule has 0 radical (unpaired) electrons. The lowest BCUT2D eigenvalue weighted by Crippen LogP contribution is -2.56. The number of amides is 1. The second kappa shape index (κ2) is 4.44. The van der Waals surface area contributed by atoms with E-state index in [4.69, 9.17) is 4.74 Å². The summed E-state index contributed by atoms with van der Waals surface area (Å²) in [5, 5.41) is 10.1. The number of carbonyl (C=O) groups is 1. The predicted molar refractivity (Wildman–Crippen MR) is 65.8 cm³/mol. The summed E-state index contributed by atoms with van der Waals surface area (Å²) in [6.07, 6.45) is 0. The van der Waals surface area contributed by atoms with E-state index in [1.807, 2.05) is 12.1 Å². The number of carbonyl (C=O) groups excluding carboxylic acids is 1. The largest absolute Gasteiger partial charge is 0.395 e. The second-order valence-corrected chi connectivity index (χ2v) is 6.31. The first-order chi connectivity index (χ1) is 7.59. The van der Waals surface area contributed by atoms with Gasteiger partial charge in [-0.05, 0) is 28.1 Å². The summed E-state index contributed by atoms with van der Waals surface area (Å²) in [5.74, 6) is -0.0874. The number of hydrogen-bond acceptors (Lipinski definition) is 4. The van der Waals surface area contributed by atoms with Crippen LogP contribution >= 0.6 is 27.3 Å². The van der Waals surface area contributed by atoms with Gasteiger partial charge in [0.05, 0.1) is 28.6 Å². The van der Waals surface area contributed by atoms with Gasteiger partial charge in [-0.1, -0.05) is 0 Å². The Morgan fingerprint density at radius 3 is 2.75 bits per heavy atom. The highest BCUT2D eigenvalue weighted by Crippen LogP contribution is 2.34. The molecule has 1 aliphatic rings. The summed E-state index contributed by atoms with van der Waals surface area (Å²) in [4.78, 5) is 13.7. The molecule has 2 rings (SSSR count). The van der Waals surface area contributed by atoms with E-state index in [9.17, 15) is 9.90 Å². The molecule has 0 bridgehead atoms. The quantitative estimate of drug-likeness (QED) is 0.920. The third-order valence-electron chi connectivity index (χ3n) is 2.71. The van der Waals surface area contributed by atoms with Crippen LogP contribution in [0.25, 0.3) is 0 Å². The molecule has 1 fully saturated rings. The normalized spacial score (nSPS) is 17.9. The lowest BCUT2D eigenvalue weighted by molar-refractivity contribution is -0.166. The summed E-state index contributed by atoms with van der Waals surface area (Å²) < 4.78 is 6.01. The Morgan fingerprint density at radius 1 is 1.69 bits per heavy atom. The fourth-order valence-corrected chi connectivity index (χ4v) is 2.89. The number of ether oxygens (including phenoxy) is 1. The molecule has 0 atom stereocenters. The van der Waals surface area contributed by atoms with E-state index in [0.717, 1.165) is 8.79 Å². The summed E-state index contributed by atoms with van der Waals surface area (Å²) in [6, 6.07) is 3.77. The van der Waals surface area contributed by atoms with E-state index in [1.165, 1.54) is 11.3 Å². The van der Waals surface area contributed by atoms with Crippen molar-refractivity contribution in [1.82, 2.24) is 0 Å². The van der Waals surface area contributed by atoms with Crippen molar-refractivity contribution in [3.63, 3.8) is 0 Å². The third kappa shape index (κ3) is 1.90. The van der Waals surface area contributed by atoms with E-state index in [2.05, 4.69) is 15.9 Å². The van der Waals surface area contributed by atoms with Gasteiger partial charge in [0, 0.05) is 7.05 Å². The van der Waals surface area contributed by atoms with E-state index in [-0.39, 0.29) is 12.5 Å². The average Bonchev–Trinajstić information content (AvgIpc) is 2.63. The minimum absolute atomic E-state index is 0.0874. The summed E-state index contributed by atoms with van der Waals surface area (Å²) in [5.41, 5.74) is -0.731.